The molecule has 1 spiro atoms. The summed E-state index contributed by atoms with van der Waals surface area (Å²) in [5.41, 5.74) is 2.58. The fourth-order valence-electron chi connectivity index (χ4n) is 3.74. The van der Waals surface area contributed by atoms with E-state index < -0.39 is 0 Å². The average molecular weight is 326 g/mol. The standard InChI is InChI=1S/C17H24ClNOS/c1-12-3-4-14(15(18)9-12)16(19-2)13-5-7-20-17(10-13)6-8-21-11-17/h3-4,9,13,16,19H,5-8,10-11H2,1-2H3. The third kappa shape index (κ3) is 3.26. The molecule has 0 aliphatic carbocycles. The van der Waals surface area contributed by atoms with Gasteiger partial charge in [-0.25, -0.2) is 0 Å². The molecule has 0 amide bonds. The van der Waals surface area contributed by atoms with E-state index in [1.165, 1.54) is 23.3 Å². The molecule has 2 fully saturated rings. The first kappa shape index (κ1) is 15.7. The topological polar surface area (TPSA) is 21.3 Å². The molecule has 1 aromatic rings. The van der Waals surface area contributed by atoms with Crippen molar-refractivity contribution in [1.82, 2.24) is 5.32 Å². The molecule has 1 N–H and O–H groups in total. The summed E-state index contributed by atoms with van der Waals surface area (Å²) in [5, 5.41) is 4.39. The van der Waals surface area contributed by atoms with E-state index in [1.54, 1.807) is 0 Å². The molecule has 1 aromatic carbocycles. The van der Waals surface area contributed by atoms with E-state index >= 15 is 0 Å². The highest BCUT2D eigenvalue weighted by molar-refractivity contribution is 7.99. The summed E-state index contributed by atoms with van der Waals surface area (Å²) >= 11 is 8.53. The third-order valence-corrected chi connectivity index (χ3v) is 6.42. The summed E-state index contributed by atoms with van der Waals surface area (Å²) < 4.78 is 6.15. The average Bonchev–Trinajstić information content (AvgIpc) is 2.90. The zero-order chi connectivity index (χ0) is 14.9. The van der Waals surface area contributed by atoms with Gasteiger partial charge in [-0.05, 0) is 62.1 Å². The Hall–Kier alpha value is -0.220. The van der Waals surface area contributed by atoms with Crippen LogP contribution in [0, 0.1) is 12.8 Å². The fraction of sp³-hybridized carbons (Fsp3) is 0.647. The largest absolute Gasteiger partial charge is 0.374 e. The Bertz CT molecular complexity index is 502. The number of rotatable bonds is 3. The summed E-state index contributed by atoms with van der Waals surface area (Å²) in [7, 11) is 2.05. The predicted octanol–water partition coefficient (Wildman–Crippen LogP) is 4.21. The second-order valence-corrected chi connectivity index (χ2v) is 7.89. The van der Waals surface area contributed by atoms with Crippen molar-refractivity contribution in [1.29, 1.82) is 0 Å². The zero-order valence-corrected chi connectivity index (χ0v) is 14.4. The number of thioether (sulfide) groups is 1. The normalized spacial score (nSPS) is 30.7. The maximum atomic E-state index is 6.50. The molecule has 0 saturated carbocycles. The molecule has 2 nitrogen and oxygen atoms in total. The molecular formula is C17H24ClNOS. The molecule has 3 rings (SSSR count). The molecular weight excluding hydrogens is 302 g/mol. The second-order valence-electron chi connectivity index (χ2n) is 6.38. The van der Waals surface area contributed by atoms with Gasteiger partial charge in [0.15, 0.2) is 0 Å². The maximum absolute atomic E-state index is 6.50. The van der Waals surface area contributed by atoms with Crippen LogP contribution in [0.4, 0.5) is 0 Å². The van der Waals surface area contributed by atoms with Gasteiger partial charge in [0.05, 0.1) is 5.60 Å². The van der Waals surface area contributed by atoms with Crippen molar-refractivity contribution >= 4 is 23.4 Å². The molecule has 21 heavy (non-hydrogen) atoms. The Morgan fingerprint density at radius 1 is 1.48 bits per heavy atom. The zero-order valence-electron chi connectivity index (χ0n) is 12.8. The number of nitrogens with one attached hydrogen (secondary N) is 1. The smallest absolute Gasteiger partial charge is 0.0783 e. The minimum absolute atomic E-state index is 0.125. The van der Waals surface area contributed by atoms with Crippen molar-refractivity contribution in [3.63, 3.8) is 0 Å². The Morgan fingerprint density at radius 3 is 3.00 bits per heavy atom. The van der Waals surface area contributed by atoms with Crippen LogP contribution in [0.3, 0.4) is 0 Å². The van der Waals surface area contributed by atoms with Gasteiger partial charge in [-0.3, -0.25) is 0 Å². The SMILES string of the molecule is CNC(c1ccc(C)cc1Cl)C1CCOC2(CCSC2)C1. The molecule has 116 valence electrons. The molecule has 3 atom stereocenters. The lowest BCUT2D eigenvalue weighted by Crippen LogP contribution is -2.43. The van der Waals surface area contributed by atoms with Gasteiger partial charge in [-0.1, -0.05) is 23.7 Å². The highest BCUT2D eigenvalue weighted by atomic mass is 35.5. The lowest BCUT2D eigenvalue weighted by Gasteiger charge is -2.41. The van der Waals surface area contributed by atoms with E-state index in [4.69, 9.17) is 16.3 Å². The molecule has 4 heteroatoms. The quantitative estimate of drug-likeness (QED) is 0.899. The minimum Gasteiger partial charge on any atom is -0.374 e. The Labute approximate surface area is 137 Å². The molecule has 0 radical (unpaired) electrons. The number of halogens is 1. The first-order valence-electron chi connectivity index (χ1n) is 7.79. The number of aryl methyl sites for hydroxylation is 1. The van der Waals surface area contributed by atoms with Crippen LogP contribution >= 0.6 is 23.4 Å². The van der Waals surface area contributed by atoms with Crippen LogP contribution in [0.1, 0.15) is 36.4 Å². The predicted molar refractivity (Wildman–Crippen MR) is 91.3 cm³/mol. The van der Waals surface area contributed by atoms with Gasteiger partial charge in [-0.2, -0.15) is 11.8 Å². The highest BCUT2D eigenvalue weighted by Gasteiger charge is 2.42. The summed E-state index contributed by atoms with van der Waals surface area (Å²) in [6.07, 6.45) is 3.46. The molecule has 2 aliphatic rings. The van der Waals surface area contributed by atoms with E-state index in [-0.39, 0.29) is 5.60 Å². The van der Waals surface area contributed by atoms with Crippen LogP contribution in [0.5, 0.6) is 0 Å². The van der Waals surface area contributed by atoms with Crippen LogP contribution in [0.2, 0.25) is 5.02 Å². The lowest BCUT2D eigenvalue weighted by molar-refractivity contribution is -0.0850. The van der Waals surface area contributed by atoms with E-state index in [1.807, 2.05) is 18.8 Å². The van der Waals surface area contributed by atoms with Crippen molar-refractivity contribution in [2.24, 2.45) is 5.92 Å². The van der Waals surface area contributed by atoms with Gasteiger partial charge in [-0.15, -0.1) is 0 Å². The van der Waals surface area contributed by atoms with Crippen molar-refractivity contribution in [3.05, 3.63) is 34.3 Å². The number of benzene rings is 1. The maximum Gasteiger partial charge on any atom is 0.0783 e. The van der Waals surface area contributed by atoms with Crippen molar-refractivity contribution < 1.29 is 4.74 Å². The molecule has 2 saturated heterocycles. The van der Waals surface area contributed by atoms with E-state index in [0.29, 0.717) is 12.0 Å². The van der Waals surface area contributed by atoms with Crippen LogP contribution < -0.4 is 5.32 Å². The highest BCUT2D eigenvalue weighted by Crippen LogP contribution is 2.44. The first-order chi connectivity index (χ1) is 10.1. The number of hydrogen-bond acceptors (Lipinski definition) is 3. The molecule has 0 aromatic heterocycles. The van der Waals surface area contributed by atoms with Crippen LogP contribution in [-0.4, -0.2) is 30.8 Å². The van der Waals surface area contributed by atoms with Gasteiger partial charge < -0.3 is 10.1 Å². The van der Waals surface area contributed by atoms with E-state index in [9.17, 15) is 0 Å². The van der Waals surface area contributed by atoms with E-state index in [0.717, 1.165) is 30.2 Å². The summed E-state index contributed by atoms with van der Waals surface area (Å²) in [4.78, 5) is 0. The van der Waals surface area contributed by atoms with Crippen molar-refractivity contribution in [3.8, 4) is 0 Å². The summed E-state index contributed by atoms with van der Waals surface area (Å²) in [6, 6.07) is 6.74. The van der Waals surface area contributed by atoms with Gasteiger partial charge >= 0.3 is 0 Å². The molecule has 2 aliphatic heterocycles. The summed E-state index contributed by atoms with van der Waals surface area (Å²) in [6.45, 7) is 2.97. The van der Waals surface area contributed by atoms with Gasteiger partial charge in [0.25, 0.3) is 0 Å². The van der Waals surface area contributed by atoms with Gasteiger partial charge in [0, 0.05) is 23.4 Å². The number of hydrogen-bond donors (Lipinski definition) is 1. The van der Waals surface area contributed by atoms with Crippen LogP contribution in [0.15, 0.2) is 18.2 Å². The van der Waals surface area contributed by atoms with Crippen LogP contribution in [0.25, 0.3) is 0 Å². The Kier molecular flexibility index (Phi) is 4.84. The molecule has 2 heterocycles. The van der Waals surface area contributed by atoms with Crippen molar-refractivity contribution in [2.45, 2.75) is 37.8 Å². The third-order valence-electron chi connectivity index (χ3n) is 4.87. The van der Waals surface area contributed by atoms with Crippen molar-refractivity contribution in [2.75, 3.05) is 25.2 Å². The molecule has 0 bridgehead atoms. The molecule has 3 unspecified atom stereocenters. The Balaban J connectivity index is 1.82. The minimum atomic E-state index is 0.125. The first-order valence-corrected chi connectivity index (χ1v) is 9.32. The summed E-state index contributed by atoms with van der Waals surface area (Å²) in [5.74, 6) is 2.99. The van der Waals surface area contributed by atoms with Gasteiger partial charge in [0.2, 0.25) is 0 Å². The monoisotopic (exact) mass is 325 g/mol. The Morgan fingerprint density at radius 2 is 2.33 bits per heavy atom. The van der Waals surface area contributed by atoms with Crippen LogP contribution in [-0.2, 0) is 4.74 Å². The van der Waals surface area contributed by atoms with Gasteiger partial charge in [0.1, 0.15) is 0 Å². The second kappa shape index (κ2) is 6.49. The number of ether oxygens (including phenoxy) is 1. The lowest BCUT2D eigenvalue weighted by atomic mass is 9.79. The van der Waals surface area contributed by atoms with E-state index in [2.05, 4.69) is 30.4 Å². The fourth-order valence-corrected chi connectivity index (χ4v) is 5.47.